The third kappa shape index (κ3) is 7.14. The van der Waals surface area contributed by atoms with Crippen molar-refractivity contribution >= 4 is 35.1 Å². The number of hydrogen-bond donors (Lipinski definition) is 2. The van der Waals surface area contributed by atoms with E-state index >= 15 is 4.39 Å². The van der Waals surface area contributed by atoms with Gasteiger partial charge in [0, 0.05) is 17.7 Å². The Morgan fingerprint density at radius 2 is 1.89 bits per heavy atom. The number of aromatic nitrogens is 5. The Labute approximate surface area is 306 Å². The number of guanidine groups is 1. The molecule has 3 heterocycles. The molecule has 1 unspecified atom stereocenters. The third-order valence-electron chi connectivity index (χ3n) is 9.45. The molecular weight excluding hydrogens is 758 g/mol. The molecule has 2 aromatic heterocycles. The standard InChI is InChI=1S/C33H32ClF8N9O3/c1-16(2)11-32(20-5-3-17(9-22(20)35)19-12-45-49(13-19)28(38)39)27(52)50(29(43)47-32)24(14-54-30(53)48-31(7-8-31)33(40,41)42)18-4-6-21(34)23(10-18)51-26(25(36)37)44-15-46-51/h3-4,6,9-10,12-13,15-16,20,24-25,28H,5,7-8,11,14H2,1-2H3,(H2,43,47)(H,48,53)/t20?,24-,32-/m1/s1. The molecule has 0 radical (unpaired) electrons. The number of carbonyl (C=O) groups excluding carboxylic acids is 2. The van der Waals surface area contributed by atoms with E-state index < -0.39 is 78.4 Å². The number of amides is 2. The van der Waals surface area contributed by atoms with Crippen molar-refractivity contribution in [3.05, 3.63) is 76.9 Å². The van der Waals surface area contributed by atoms with E-state index in [4.69, 9.17) is 22.1 Å². The lowest BCUT2D eigenvalue weighted by molar-refractivity contribution is -0.164. The quantitative estimate of drug-likeness (QED) is 0.185. The van der Waals surface area contributed by atoms with Gasteiger partial charge in [0.1, 0.15) is 24.3 Å². The van der Waals surface area contributed by atoms with Crippen LogP contribution in [0.25, 0.3) is 11.3 Å². The highest BCUT2D eigenvalue weighted by Gasteiger charge is 2.65. The van der Waals surface area contributed by atoms with Crippen LogP contribution in [-0.2, 0) is 9.53 Å². The normalized spacial score (nSPS) is 21.7. The van der Waals surface area contributed by atoms with E-state index in [2.05, 4.69) is 20.2 Å². The maximum atomic E-state index is 16.2. The number of nitrogens with zero attached hydrogens (tertiary/aromatic N) is 7. The first-order chi connectivity index (χ1) is 25.4. The van der Waals surface area contributed by atoms with Crippen LogP contribution in [0.1, 0.15) is 75.5 Å². The molecule has 1 aromatic carbocycles. The number of carbonyl (C=O) groups is 2. The molecule has 3 atom stereocenters. The predicted molar refractivity (Wildman–Crippen MR) is 176 cm³/mol. The van der Waals surface area contributed by atoms with Gasteiger partial charge in [-0.3, -0.25) is 9.69 Å². The molecule has 1 saturated carbocycles. The van der Waals surface area contributed by atoms with Gasteiger partial charge >= 0.3 is 18.8 Å². The van der Waals surface area contributed by atoms with Gasteiger partial charge < -0.3 is 15.8 Å². The summed E-state index contributed by atoms with van der Waals surface area (Å²) in [4.78, 5) is 36.5. The molecule has 1 fully saturated rings. The smallest absolute Gasteiger partial charge is 0.411 e. The summed E-state index contributed by atoms with van der Waals surface area (Å²) in [5.41, 5.74) is 2.34. The second-order valence-electron chi connectivity index (χ2n) is 13.5. The topological polar surface area (TPSA) is 146 Å². The molecule has 6 rings (SSSR count). The van der Waals surface area contributed by atoms with Gasteiger partial charge in [0.25, 0.3) is 12.3 Å². The Balaban J connectivity index is 1.37. The highest BCUT2D eigenvalue weighted by Crippen LogP contribution is 2.49. The fourth-order valence-electron chi connectivity index (χ4n) is 6.72. The summed E-state index contributed by atoms with van der Waals surface area (Å²) in [6.45, 7) is -0.268. The number of ether oxygens (including phenoxy) is 1. The maximum Gasteiger partial charge on any atom is 0.411 e. The summed E-state index contributed by atoms with van der Waals surface area (Å²) in [5.74, 6) is -4.49. The van der Waals surface area contributed by atoms with Gasteiger partial charge in [-0.05, 0) is 60.9 Å². The van der Waals surface area contributed by atoms with E-state index in [9.17, 15) is 40.3 Å². The molecule has 21 heteroatoms. The van der Waals surface area contributed by atoms with E-state index in [1.165, 1.54) is 24.3 Å². The fourth-order valence-corrected chi connectivity index (χ4v) is 6.92. The zero-order valence-corrected chi connectivity index (χ0v) is 29.1. The summed E-state index contributed by atoms with van der Waals surface area (Å²) in [6, 6.07) is 2.36. The first kappa shape index (κ1) is 38.7. The average molecular weight is 790 g/mol. The van der Waals surface area contributed by atoms with Crippen molar-refractivity contribution in [2.24, 2.45) is 22.6 Å². The molecule has 0 saturated heterocycles. The van der Waals surface area contributed by atoms with E-state index in [0.717, 1.165) is 34.4 Å². The number of allylic oxidation sites excluding steroid dienone is 3. The zero-order valence-electron chi connectivity index (χ0n) is 28.4. The summed E-state index contributed by atoms with van der Waals surface area (Å²) < 4.78 is 117. The van der Waals surface area contributed by atoms with Crippen LogP contribution in [0, 0.1) is 11.8 Å². The molecule has 0 spiro atoms. The van der Waals surface area contributed by atoms with Crippen LogP contribution < -0.4 is 11.1 Å². The molecule has 2 amide bonds. The van der Waals surface area contributed by atoms with Gasteiger partial charge in [-0.2, -0.15) is 32.1 Å². The molecule has 290 valence electrons. The molecule has 3 N–H and O–H groups in total. The monoisotopic (exact) mass is 789 g/mol. The van der Waals surface area contributed by atoms with Crippen LogP contribution in [0.4, 0.5) is 39.9 Å². The minimum atomic E-state index is -4.77. The lowest BCUT2D eigenvalue weighted by Crippen LogP contribution is -2.52. The molecule has 2 aliphatic carbocycles. The van der Waals surface area contributed by atoms with Crippen LogP contribution >= 0.6 is 11.6 Å². The largest absolute Gasteiger partial charge is 0.447 e. The van der Waals surface area contributed by atoms with Gasteiger partial charge in [-0.1, -0.05) is 37.6 Å². The van der Waals surface area contributed by atoms with E-state index in [1.54, 1.807) is 13.8 Å². The summed E-state index contributed by atoms with van der Waals surface area (Å²) in [7, 11) is 0. The summed E-state index contributed by atoms with van der Waals surface area (Å²) in [6.07, 6.45) is -4.66. The van der Waals surface area contributed by atoms with Crippen LogP contribution in [0.5, 0.6) is 0 Å². The molecular formula is C33H32ClF8N9O3. The predicted octanol–water partition coefficient (Wildman–Crippen LogP) is 7.21. The van der Waals surface area contributed by atoms with Crippen molar-refractivity contribution in [1.29, 1.82) is 0 Å². The zero-order chi connectivity index (χ0) is 39.3. The lowest BCUT2D eigenvalue weighted by atomic mass is 9.73. The van der Waals surface area contributed by atoms with Crippen LogP contribution in [0.15, 0.2) is 59.9 Å². The third-order valence-corrected chi connectivity index (χ3v) is 9.77. The minimum absolute atomic E-state index is 0.0413. The van der Waals surface area contributed by atoms with E-state index in [1.807, 2.05) is 5.32 Å². The van der Waals surface area contributed by atoms with Gasteiger partial charge in [0.05, 0.1) is 22.9 Å². The number of halogens is 9. The Hall–Kier alpha value is -5.01. The van der Waals surface area contributed by atoms with Gasteiger partial charge in [-0.15, -0.1) is 0 Å². The molecule has 54 heavy (non-hydrogen) atoms. The Bertz CT molecular complexity index is 2020. The minimum Gasteiger partial charge on any atom is -0.447 e. The van der Waals surface area contributed by atoms with Crippen molar-refractivity contribution in [3.8, 4) is 5.69 Å². The number of nitrogens with one attached hydrogen (secondary N) is 1. The number of alkyl carbamates (subject to hydrolysis) is 1. The second-order valence-corrected chi connectivity index (χ2v) is 13.9. The van der Waals surface area contributed by atoms with Gasteiger partial charge in [0.2, 0.25) is 0 Å². The number of hydrogen-bond acceptors (Lipinski definition) is 8. The van der Waals surface area contributed by atoms with Gasteiger partial charge in [0.15, 0.2) is 17.3 Å². The van der Waals surface area contributed by atoms with Crippen LogP contribution in [0.2, 0.25) is 5.02 Å². The Kier molecular flexibility index (Phi) is 10.3. The highest BCUT2D eigenvalue weighted by atomic mass is 35.5. The molecule has 1 aliphatic heterocycles. The highest BCUT2D eigenvalue weighted by molar-refractivity contribution is 6.32. The summed E-state index contributed by atoms with van der Waals surface area (Å²) in [5, 5.41) is 9.13. The average Bonchev–Trinajstić information content (AvgIpc) is 3.40. The van der Waals surface area contributed by atoms with E-state index in [0.29, 0.717) is 4.68 Å². The first-order valence-corrected chi connectivity index (χ1v) is 16.8. The van der Waals surface area contributed by atoms with E-state index in [-0.39, 0.29) is 59.0 Å². The van der Waals surface area contributed by atoms with Crippen molar-refractivity contribution in [1.82, 2.24) is 34.8 Å². The molecule has 3 aromatic rings. The first-order valence-electron chi connectivity index (χ1n) is 16.5. The fraction of sp³-hybridized carbons (Fsp3) is 0.455. The summed E-state index contributed by atoms with van der Waals surface area (Å²) >= 11 is 6.37. The molecule has 0 bridgehead atoms. The molecule has 12 nitrogen and oxygen atoms in total. The van der Waals surface area contributed by atoms with Crippen molar-refractivity contribution in [2.75, 3.05) is 6.61 Å². The SMILES string of the molecule is CC(C)C[C@]1(C2CC=C(c3cnn(C(F)F)c3)C=C2F)N=C(N)N([C@H](COC(=O)NC2(C(F)(F)F)CC2)c2ccc(Cl)c(-n3ncnc3C(F)F)c2)C1=O. The van der Waals surface area contributed by atoms with Crippen molar-refractivity contribution in [2.45, 2.75) is 75.8 Å². The van der Waals surface area contributed by atoms with Crippen molar-refractivity contribution in [3.63, 3.8) is 0 Å². The Morgan fingerprint density at radius 1 is 1.17 bits per heavy atom. The number of aliphatic imine (C=N–C) groups is 1. The maximum absolute atomic E-state index is 16.2. The number of nitrogens with two attached hydrogens (primary N) is 1. The van der Waals surface area contributed by atoms with Crippen molar-refractivity contribution < 1.29 is 49.4 Å². The lowest BCUT2D eigenvalue weighted by Gasteiger charge is -2.37. The number of benzene rings is 1. The number of alkyl halides is 7. The second kappa shape index (κ2) is 14.3. The Morgan fingerprint density at radius 3 is 2.48 bits per heavy atom. The van der Waals surface area contributed by atoms with Gasteiger partial charge in [-0.25, -0.2) is 37.3 Å². The van der Waals surface area contributed by atoms with Crippen LogP contribution in [-0.4, -0.2) is 71.3 Å². The number of rotatable bonds is 12. The molecule has 3 aliphatic rings. The van der Waals surface area contributed by atoms with Crippen LogP contribution in [0.3, 0.4) is 0 Å².